The SMILES string of the molecule is Cc1cc(S(=O)(=O)N(C)C2CCCNCC2)sc1Cl. The fourth-order valence-electron chi connectivity index (χ4n) is 2.26. The summed E-state index contributed by atoms with van der Waals surface area (Å²) in [5, 5.41) is 3.30. The molecule has 7 heteroatoms. The molecule has 0 bridgehead atoms. The van der Waals surface area contributed by atoms with Crippen LogP contribution >= 0.6 is 22.9 Å². The molecular weight excluding hydrogens is 304 g/mol. The molecule has 2 rings (SSSR count). The average molecular weight is 323 g/mol. The number of sulfonamides is 1. The molecule has 2 heterocycles. The van der Waals surface area contributed by atoms with Gasteiger partial charge >= 0.3 is 0 Å². The summed E-state index contributed by atoms with van der Waals surface area (Å²) in [6.45, 7) is 3.66. The van der Waals surface area contributed by atoms with E-state index in [0.29, 0.717) is 8.55 Å². The van der Waals surface area contributed by atoms with Gasteiger partial charge in [0.25, 0.3) is 10.0 Å². The maximum Gasteiger partial charge on any atom is 0.252 e. The highest BCUT2D eigenvalue weighted by Crippen LogP contribution is 2.32. The van der Waals surface area contributed by atoms with Crippen LogP contribution in [0.4, 0.5) is 0 Å². The first-order chi connectivity index (χ1) is 8.93. The van der Waals surface area contributed by atoms with E-state index < -0.39 is 10.0 Å². The number of thiophene rings is 1. The van der Waals surface area contributed by atoms with E-state index in [9.17, 15) is 8.42 Å². The third kappa shape index (κ3) is 3.31. The highest BCUT2D eigenvalue weighted by Gasteiger charge is 2.30. The molecule has 0 aromatic carbocycles. The average Bonchev–Trinajstić information content (AvgIpc) is 2.60. The van der Waals surface area contributed by atoms with Gasteiger partial charge in [0.1, 0.15) is 4.21 Å². The number of aryl methyl sites for hydroxylation is 1. The minimum atomic E-state index is -3.42. The summed E-state index contributed by atoms with van der Waals surface area (Å²) in [5.74, 6) is 0. The summed E-state index contributed by atoms with van der Waals surface area (Å²) in [5.41, 5.74) is 0.821. The Morgan fingerprint density at radius 3 is 2.79 bits per heavy atom. The number of nitrogens with zero attached hydrogens (tertiary/aromatic N) is 1. The van der Waals surface area contributed by atoms with E-state index in [-0.39, 0.29) is 6.04 Å². The molecule has 108 valence electrons. The van der Waals surface area contributed by atoms with Crippen LogP contribution in [0.5, 0.6) is 0 Å². The lowest BCUT2D eigenvalue weighted by atomic mass is 10.1. The number of rotatable bonds is 3. The monoisotopic (exact) mass is 322 g/mol. The van der Waals surface area contributed by atoms with Crippen LogP contribution in [0.15, 0.2) is 10.3 Å². The van der Waals surface area contributed by atoms with Crippen molar-refractivity contribution < 1.29 is 8.42 Å². The third-order valence-corrected chi connectivity index (χ3v) is 7.44. The van der Waals surface area contributed by atoms with Crippen LogP contribution in [-0.4, -0.2) is 38.9 Å². The Morgan fingerprint density at radius 2 is 2.16 bits per heavy atom. The second kappa shape index (κ2) is 6.10. The lowest BCUT2D eigenvalue weighted by Gasteiger charge is -2.25. The molecule has 1 N–H and O–H groups in total. The van der Waals surface area contributed by atoms with Gasteiger partial charge in [-0.25, -0.2) is 8.42 Å². The summed E-state index contributed by atoms with van der Waals surface area (Å²) in [6.07, 6.45) is 2.77. The molecule has 4 nitrogen and oxygen atoms in total. The van der Waals surface area contributed by atoms with E-state index in [1.807, 2.05) is 6.92 Å². The molecule has 0 radical (unpaired) electrons. The Kier molecular flexibility index (Phi) is 4.89. The number of nitrogens with one attached hydrogen (secondary N) is 1. The van der Waals surface area contributed by atoms with Crippen molar-refractivity contribution in [3.05, 3.63) is 16.0 Å². The van der Waals surface area contributed by atoms with Crippen molar-refractivity contribution >= 4 is 33.0 Å². The van der Waals surface area contributed by atoms with Crippen LogP contribution in [-0.2, 0) is 10.0 Å². The molecule has 0 saturated carbocycles. The van der Waals surface area contributed by atoms with Crippen molar-refractivity contribution in [1.82, 2.24) is 9.62 Å². The van der Waals surface area contributed by atoms with Crippen LogP contribution in [0, 0.1) is 6.92 Å². The Morgan fingerprint density at radius 1 is 1.42 bits per heavy atom. The quantitative estimate of drug-likeness (QED) is 0.930. The molecule has 1 saturated heterocycles. The fourth-order valence-corrected chi connectivity index (χ4v) is 5.57. The van der Waals surface area contributed by atoms with Gasteiger partial charge in [0, 0.05) is 13.1 Å². The minimum Gasteiger partial charge on any atom is -0.317 e. The van der Waals surface area contributed by atoms with Gasteiger partial charge in [-0.05, 0) is 50.9 Å². The third-order valence-electron chi connectivity index (χ3n) is 3.53. The van der Waals surface area contributed by atoms with Gasteiger partial charge < -0.3 is 5.32 Å². The Labute approximate surface area is 123 Å². The molecule has 1 unspecified atom stereocenters. The van der Waals surface area contributed by atoms with E-state index in [2.05, 4.69) is 5.32 Å². The Hall–Kier alpha value is -0.140. The largest absolute Gasteiger partial charge is 0.317 e. The standard InChI is InChI=1S/C12H19ClN2O2S2/c1-9-8-11(18-12(9)13)19(16,17)15(2)10-4-3-6-14-7-5-10/h8,10,14H,3-7H2,1-2H3. The van der Waals surface area contributed by atoms with Crippen molar-refractivity contribution in [2.75, 3.05) is 20.1 Å². The van der Waals surface area contributed by atoms with Crippen molar-refractivity contribution in [2.24, 2.45) is 0 Å². The van der Waals surface area contributed by atoms with Gasteiger partial charge in [-0.1, -0.05) is 11.6 Å². The highest BCUT2D eigenvalue weighted by atomic mass is 35.5. The Bertz CT molecular complexity index is 514. The second-order valence-electron chi connectivity index (χ2n) is 4.88. The molecule has 19 heavy (non-hydrogen) atoms. The molecule has 0 amide bonds. The van der Waals surface area contributed by atoms with Gasteiger partial charge in [-0.15, -0.1) is 11.3 Å². The van der Waals surface area contributed by atoms with Crippen LogP contribution in [0.1, 0.15) is 24.8 Å². The smallest absolute Gasteiger partial charge is 0.252 e. The topological polar surface area (TPSA) is 49.4 Å². The van der Waals surface area contributed by atoms with Crippen molar-refractivity contribution in [2.45, 2.75) is 36.4 Å². The van der Waals surface area contributed by atoms with E-state index in [1.54, 1.807) is 13.1 Å². The fraction of sp³-hybridized carbons (Fsp3) is 0.667. The zero-order valence-corrected chi connectivity index (χ0v) is 13.5. The molecule has 1 aromatic rings. The first kappa shape index (κ1) is 15.3. The van der Waals surface area contributed by atoms with E-state index >= 15 is 0 Å². The molecule has 1 aliphatic rings. The summed E-state index contributed by atoms with van der Waals surface area (Å²) >= 11 is 7.12. The molecule has 1 aliphatic heterocycles. The maximum atomic E-state index is 12.6. The molecule has 1 atom stereocenters. The van der Waals surface area contributed by atoms with E-state index in [0.717, 1.165) is 49.3 Å². The summed E-state index contributed by atoms with van der Waals surface area (Å²) in [6, 6.07) is 1.73. The molecular formula is C12H19ClN2O2S2. The lowest BCUT2D eigenvalue weighted by Crippen LogP contribution is -2.37. The summed E-state index contributed by atoms with van der Waals surface area (Å²) in [4.78, 5) is 0. The van der Waals surface area contributed by atoms with Crippen LogP contribution in [0.3, 0.4) is 0 Å². The van der Waals surface area contributed by atoms with E-state index in [4.69, 9.17) is 11.6 Å². The number of hydrogen-bond acceptors (Lipinski definition) is 4. The second-order valence-corrected chi connectivity index (χ2v) is 8.76. The minimum absolute atomic E-state index is 0.0705. The predicted molar refractivity (Wildman–Crippen MR) is 79.5 cm³/mol. The van der Waals surface area contributed by atoms with Crippen LogP contribution < -0.4 is 5.32 Å². The first-order valence-electron chi connectivity index (χ1n) is 6.37. The number of hydrogen-bond donors (Lipinski definition) is 1. The number of halogens is 1. The van der Waals surface area contributed by atoms with Gasteiger partial charge in [0.2, 0.25) is 0 Å². The zero-order chi connectivity index (χ0) is 14.0. The first-order valence-corrected chi connectivity index (χ1v) is 9.01. The van der Waals surface area contributed by atoms with Crippen LogP contribution in [0.2, 0.25) is 4.34 Å². The maximum absolute atomic E-state index is 12.6. The van der Waals surface area contributed by atoms with E-state index in [1.165, 1.54) is 4.31 Å². The van der Waals surface area contributed by atoms with Crippen molar-refractivity contribution in [3.63, 3.8) is 0 Å². The van der Waals surface area contributed by atoms with Crippen LogP contribution in [0.25, 0.3) is 0 Å². The molecule has 1 fully saturated rings. The van der Waals surface area contributed by atoms with Crippen molar-refractivity contribution in [1.29, 1.82) is 0 Å². The van der Waals surface area contributed by atoms with Gasteiger partial charge in [0.15, 0.2) is 0 Å². The predicted octanol–water partition coefficient (Wildman–Crippen LogP) is 2.47. The molecule has 1 aromatic heterocycles. The van der Waals surface area contributed by atoms with Crippen molar-refractivity contribution in [3.8, 4) is 0 Å². The lowest BCUT2D eigenvalue weighted by molar-refractivity contribution is 0.342. The summed E-state index contributed by atoms with van der Waals surface area (Å²) in [7, 11) is -1.74. The highest BCUT2D eigenvalue weighted by molar-refractivity contribution is 7.91. The van der Waals surface area contributed by atoms with Gasteiger partial charge in [-0.2, -0.15) is 4.31 Å². The van der Waals surface area contributed by atoms with Gasteiger partial charge in [-0.3, -0.25) is 0 Å². The summed E-state index contributed by atoms with van der Waals surface area (Å²) < 4.78 is 27.5. The Balaban J connectivity index is 2.22. The van der Waals surface area contributed by atoms with Gasteiger partial charge in [0.05, 0.1) is 4.34 Å². The normalized spacial score (nSPS) is 21.6. The molecule has 0 aliphatic carbocycles. The molecule has 0 spiro atoms. The zero-order valence-electron chi connectivity index (χ0n) is 11.1.